The van der Waals surface area contributed by atoms with Crippen molar-refractivity contribution in [2.24, 2.45) is 14.1 Å². The van der Waals surface area contributed by atoms with Crippen LogP contribution in [0.1, 0.15) is 73.3 Å². The zero-order valence-electron chi connectivity index (χ0n) is 40.0. The predicted octanol–water partition coefficient (Wildman–Crippen LogP) is -0.437. The third-order valence-corrected chi connectivity index (χ3v) is 8.33. The van der Waals surface area contributed by atoms with Crippen molar-refractivity contribution in [3.63, 3.8) is 0 Å². The van der Waals surface area contributed by atoms with E-state index in [1.54, 1.807) is 49.9 Å². The van der Waals surface area contributed by atoms with Crippen LogP contribution in [0.4, 0.5) is 0 Å². The zero-order chi connectivity index (χ0) is 52.2. The molecule has 2 aromatic carbocycles. The minimum Gasteiger partial charge on any atom is -0.550 e. The standard InChI is InChI=1S/2C15H21N3O.2C6H8O7.CH4/c2*1-17(2)11-12-19-15(13-7-5-4-6-8-13)14-9-10-16-18(14)3;2*7-3(8)1-6(13,5(11)12)2-4(9)10;/h2*4-10,15H,11-12H2,1-3H3;2*13H,1-2H2,(H,7,8)(H,9,10)(H,11,12);1H4/i2*11D2;;;. The van der Waals surface area contributed by atoms with E-state index in [1.807, 2.05) is 86.9 Å². The highest BCUT2D eigenvalue weighted by atomic mass is 16.5. The second kappa shape index (κ2) is 29.0. The molecule has 0 spiro atoms. The van der Waals surface area contributed by atoms with Crippen LogP contribution in [0.25, 0.3) is 0 Å². The molecular weight excluding hydrogens is 856 g/mol. The maximum Gasteiger partial charge on any atom is 0.336 e. The third kappa shape index (κ3) is 22.1. The van der Waals surface area contributed by atoms with Crippen molar-refractivity contribution >= 4 is 35.8 Å². The summed E-state index contributed by atoms with van der Waals surface area (Å²) < 4.78 is 47.3. The average Bonchev–Trinajstić information content (AvgIpc) is 3.85. The first-order chi connectivity index (χ1) is 31.4. The van der Waals surface area contributed by atoms with Crippen molar-refractivity contribution < 1.29 is 89.5 Å². The molecule has 0 saturated heterocycles. The first kappa shape index (κ1) is 51.1. The van der Waals surface area contributed by atoms with Gasteiger partial charge in [-0.3, -0.25) is 23.7 Å². The van der Waals surface area contributed by atoms with Crippen LogP contribution < -0.4 is 10.0 Å². The molecule has 22 heteroatoms. The van der Waals surface area contributed by atoms with Crippen LogP contribution in [0.5, 0.6) is 0 Å². The number of aliphatic hydroxyl groups is 2. The van der Waals surface area contributed by atoms with Gasteiger partial charge in [-0.1, -0.05) is 68.1 Å². The van der Waals surface area contributed by atoms with Gasteiger partial charge in [0.1, 0.15) is 18.7 Å². The molecule has 2 aromatic heterocycles. The van der Waals surface area contributed by atoms with E-state index < -0.39 is 85.7 Å². The van der Waals surface area contributed by atoms with E-state index in [1.165, 1.54) is 4.90 Å². The first-order valence-electron chi connectivity index (χ1n) is 20.9. The number of nitrogens with zero attached hydrogens (tertiary/aromatic N) is 5. The third-order valence-electron chi connectivity index (χ3n) is 8.33. The topological polar surface area (TPSA) is 329 Å². The molecule has 360 valence electrons. The van der Waals surface area contributed by atoms with E-state index in [0.717, 1.165) is 22.5 Å². The number of hydrogen-bond donors (Lipinski definition) is 8. The highest BCUT2D eigenvalue weighted by Crippen LogP contribution is 2.26. The summed E-state index contributed by atoms with van der Waals surface area (Å²) in [5.41, 5.74) is -1.76. The lowest BCUT2D eigenvalue weighted by molar-refractivity contribution is -0.858. The van der Waals surface area contributed by atoms with Gasteiger partial charge in [0.25, 0.3) is 0 Å². The highest BCUT2D eigenvalue weighted by Gasteiger charge is 2.41. The highest BCUT2D eigenvalue weighted by molar-refractivity contribution is 5.88. The monoisotopic (exact) mass is 922 g/mol. The minimum atomic E-state index is -2.80. The molecule has 22 nitrogen and oxygen atoms in total. The average molecular weight is 923 g/mol. The summed E-state index contributed by atoms with van der Waals surface area (Å²) in [5.74, 6) is -10.4. The number of benzene rings is 2. The SMILES string of the molecule is C.O=C(O)CC(O)(CC(=O)O)C(=O)O.O=C([O-])CC(O)(CC(=O)O)C(=O)O.[2H]C([2H])(COC(c1ccccc1)c1ccnn1C)N(C)C.[2H]C([2H])(COC(c1ccccc1)c1ccnn1C)[NH+](C)C. The van der Waals surface area contributed by atoms with E-state index in [-0.39, 0.29) is 32.8 Å². The number of carboxylic acids is 6. The lowest BCUT2D eigenvalue weighted by Gasteiger charge is -2.21. The van der Waals surface area contributed by atoms with Crippen LogP contribution in [-0.2, 0) is 52.3 Å². The quantitative estimate of drug-likeness (QED) is 0.0495. The maximum atomic E-state index is 10.3. The van der Waals surface area contributed by atoms with E-state index in [9.17, 15) is 33.9 Å². The molecule has 4 aromatic rings. The molecule has 8 N–H and O–H groups in total. The smallest absolute Gasteiger partial charge is 0.336 e. The predicted molar refractivity (Wildman–Crippen MR) is 229 cm³/mol. The lowest BCUT2D eigenvalue weighted by atomic mass is 9.96. The summed E-state index contributed by atoms with van der Waals surface area (Å²) in [7, 11) is 10.7. The number of carboxylic acid groups (broad SMARTS) is 6. The Morgan fingerprint density at radius 1 is 0.677 bits per heavy atom. The van der Waals surface area contributed by atoms with Crippen LogP contribution in [0.15, 0.2) is 85.2 Å². The van der Waals surface area contributed by atoms with E-state index in [2.05, 4.69) is 10.2 Å². The number of aryl methyl sites for hydroxylation is 2. The molecule has 0 saturated carbocycles. The Kier molecular flexibility index (Phi) is 22.8. The number of nitrogens with one attached hydrogen (secondary N) is 1. The number of rotatable bonds is 22. The normalized spacial score (nSPS) is 13.9. The molecule has 0 bridgehead atoms. The van der Waals surface area contributed by atoms with Gasteiger partial charge < -0.3 is 64.9 Å². The first-order valence-corrected chi connectivity index (χ1v) is 18.9. The number of quaternary nitrogens is 1. The summed E-state index contributed by atoms with van der Waals surface area (Å²) in [4.78, 5) is 63.0. The second-order valence-electron chi connectivity index (χ2n) is 14.1. The maximum absolute atomic E-state index is 10.3. The molecule has 0 amide bonds. The second-order valence-corrected chi connectivity index (χ2v) is 14.1. The van der Waals surface area contributed by atoms with Gasteiger partial charge in [-0.15, -0.1) is 0 Å². The summed E-state index contributed by atoms with van der Waals surface area (Å²) in [6, 6.07) is 23.4. The Hall–Kier alpha value is -6.56. The van der Waals surface area contributed by atoms with Gasteiger partial charge in [-0.05, 0) is 37.4 Å². The van der Waals surface area contributed by atoms with Crippen molar-refractivity contribution in [3.05, 3.63) is 108 Å². The van der Waals surface area contributed by atoms with E-state index in [4.69, 9.17) is 50.7 Å². The van der Waals surface area contributed by atoms with Crippen LogP contribution in [0.2, 0.25) is 0 Å². The summed E-state index contributed by atoms with van der Waals surface area (Å²) >= 11 is 0. The minimum absolute atomic E-state index is 0. The molecule has 0 aliphatic rings. The van der Waals surface area contributed by atoms with Gasteiger partial charge in [0.05, 0.1) is 60.7 Å². The number of carbonyl (C=O) groups is 6. The van der Waals surface area contributed by atoms with Crippen LogP contribution in [0.3, 0.4) is 0 Å². The number of carbonyl (C=O) groups excluding carboxylic acids is 1. The molecule has 3 unspecified atom stereocenters. The number of aromatic nitrogens is 4. The Morgan fingerprint density at radius 3 is 1.31 bits per heavy atom. The Balaban J connectivity index is 0.000000915. The Labute approximate surface area is 382 Å². The molecular formula is C43H62N6O16. The summed E-state index contributed by atoms with van der Waals surface area (Å²) in [6.45, 7) is -2.97. The fraction of sp³-hybridized carbons (Fsp3) is 0.442. The van der Waals surface area contributed by atoms with Gasteiger partial charge in [0.2, 0.25) is 0 Å². The van der Waals surface area contributed by atoms with Gasteiger partial charge >= 0.3 is 29.8 Å². The van der Waals surface area contributed by atoms with Gasteiger partial charge in [0, 0.05) is 48.1 Å². The molecule has 0 aliphatic carbocycles. The fourth-order valence-electron chi connectivity index (χ4n) is 5.18. The van der Waals surface area contributed by atoms with Gasteiger partial charge in [-0.25, -0.2) is 9.59 Å². The van der Waals surface area contributed by atoms with Crippen molar-refractivity contribution in [2.45, 2.75) is 56.5 Å². The molecule has 0 aliphatic heterocycles. The molecule has 0 fully saturated rings. The number of ether oxygens (including phenoxy) is 2. The largest absolute Gasteiger partial charge is 0.550 e. The summed E-state index contributed by atoms with van der Waals surface area (Å²) in [5, 5.41) is 77.7. The number of aliphatic carboxylic acids is 6. The Morgan fingerprint density at radius 2 is 1.03 bits per heavy atom. The molecule has 3 atom stereocenters. The number of hydrogen-bond acceptors (Lipinski definition) is 14. The zero-order valence-corrected chi connectivity index (χ0v) is 36.0. The van der Waals surface area contributed by atoms with Crippen LogP contribution in [-0.4, -0.2) is 162 Å². The van der Waals surface area contributed by atoms with Gasteiger partial charge in [0.15, 0.2) is 11.2 Å². The van der Waals surface area contributed by atoms with E-state index in [0.29, 0.717) is 4.90 Å². The van der Waals surface area contributed by atoms with Crippen molar-refractivity contribution in [2.75, 3.05) is 54.4 Å². The molecule has 0 radical (unpaired) electrons. The van der Waals surface area contributed by atoms with Crippen LogP contribution >= 0.6 is 0 Å². The van der Waals surface area contributed by atoms with Gasteiger partial charge in [-0.2, -0.15) is 10.2 Å². The lowest BCUT2D eigenvalue weighted by Crippen LogP contribution is -3.06. The number of likely N-dealkylation sites (N-methyl/N-ethyl adjacent to an activating group) is 2. The Bertz CT molecular complexity index is 2060. The van der Waals surface area contributed by atoms with Crippen molar-refractivity contribution in [3.8, 4) is 0 Å². The molecule has 4 rings (SSSR count). The van der Waals surface area contributed by atoms with Crippen molar-refractivity contribution in [1.29, 1.82) is 0 Å². The van der Waals surface area contributed by atoms with Crippen molar-refractivity contribution in [1.82, 2.24) is 24.5 Å². The molecule has 65 heavy (non-hydrogen) atoms. The van der Waals surface area contributed by atoms with E-state index >= 15 is 0 Å². The fourth-order valence-corrected chi connectivity index (χ4v) is 5.18. The molecule has 2 heterocycles. The summed E-state index contributed by atoms with van der Waals surface area (Å²) in [6.07, 6.45) is -1.95. The van der Waals surface area contributed by atoms with Crippen LogP contribution in [0, 0.1) is 0 Å².